The summed E-state index contributed by atoms with van der Waals surface area (Å²) in [6.07, 6.45) is 1.34. The number of carboxylic acids is 1. The predicted molar refractivity (Wildman–Crippen MR) is 111 cm³/mol. The van der Waals surface area contributed by atoms with Crippen molar-refractivity contribution in [1.29, 1.82) is 0 Å². The van der Waals surface area contributed by atoms with E-state index in [0.29, 0.717) is 47.9 Å². The molecule has 3 aromatic rings. The van der Waals surface area contributed by atoms with Gasteiger partial charge in [-0.05, 0) is 84.3 Å². The first-order chi connectivity index (χ1) is 14.7. The molecule has 3 aromatic carbocycles. The van der Waals surface area contributed by atoms with Crippen LogP contribution < -0.4 is 0 Å². The maximum atomic E-state index is 11.0. The monoisotopic (exact) mass is 426 g/mol. The topological polar surface area (TPSA) is 159 Å². The van der Waals surface area contributed by atoms with Gasteiger partial charge in [0, 0.05) is 0 Å². The van der Waals surface area contributed by atoms with Gasteiger partial charge in [0.05, 0.1) is 0 Å². The Morgan fingerprint density at radius 2 is 1.13 bits per heavy atom. The standard InChI is InChI=1S/C23H22O8/c24-16-10-14(4-1-12-3-6-17(23(30)31)18(25)7-12)21(28)15(11-16)5-2-13-8-19(26)22(29)20(27)9-13/h3,6-11,24-29H,1-2,4-5H2,(H,30,31). The Hall–Kier alpha value is -4.07. The van der Waals surface area contributed by atoms with Crippen molar-refractivity contribution in [2.75, 3.05) is 0 Å². The Bertz CT molecular complexity index is 1110. The SMILES string of the molecule is O=C(O)c1ccc(CCc2cc(O)cc(CCc3cc(O)c(O)c(O)c3)c2O)cc1O. The molecule has 0 radical (unpaired) electrons. The molecule has 0 aromatic heterocycles. The van der Waals surface area contributed by atoms with Gasteiger partial charge < -0.3 is 35.7 Å². The average molecular weight is 426 g/mol. The van der Waals surface area contributed by atoms with Crippen LogP contribution in [0.25, 0.3) is 0 Å². The maximum absolute atomic E-state index is 11.0. The van der Waals surface area contributed by atoms with Crippen molar-refractivity contribution in [3.05, 3.63) is 70.3 Å². The Labute approximate surface area is 177 Å². The lowest BCUT2D eigenvalue weighted by atomic mass is 9.96. The molecule has 0 aliphatic rings. The van der Waals surface area contributed by atoms with Crippen LogP contribution in [0.5, 0.6) is 34.5 Å². The lowest BCUT2D eigenvalue weighted by Gasteiger charge is -2.12. The average Bonchev–Trinajstić information content (AvgIpc) is 2.70. The van der Waals surface area contributed by atoms with Crippen molar-refractivity contribution in [2.24, 2.45) is 0 Å². The summed E-state index contributed by atoms with van der Waals surface area (Å²) in [6.45, 7) is 0. The Balaban J connectivity index is 1.75. The van der Waals surface area contributed by atoms with Crippen LogP contribution in [0, 0.1) is 0 Å². The zero-order valence-electron chi connectivity index (χ0n) is 16.4. The fourth-order valence-electron chi connectivity index (χ4n) is 3.40. The highest BCUT2D eigenvalue weighted by atomic mass is 16.4. The second-order valence-corrected chi connectivity index (χ2v) is 7.25. The van der Waals surface area contributed by atoms with Crippen LogP contribution in [0.1, 0.15) is 32.6 Å². The highest BCUT2D eigenvalue weighted by Crippen LogP contribution is 2.36. The smallest absolute Gasteiger partial charge is 0.339 e. The molecule has 0 aliphatic carbocycles. The lowest BCUT2D eigenvalue weighted by molar-refractivity contribution is 0.0693. The molecule has 0 amide bonds. The summed E-state index contributed by atoms with van der Waals surface area (Å²) in [5, 5.41) is 68.1. The second-order valence-electron chi connectivity index (χ2n) is 7.25. The molecule has 0 bridgehead atoms. The van der Waals surface area contributed by atoms with Crippen LogP contribution in [0.15, 0.2) is 42.5 Å². The highest BCUT2D eigenvalue weighted by Gasteiger charge is 2.14. The van der Waals surface area contributed by atoms with Gasteiger partial charge in [0.2, 0.25) is 0 Å². The molecule has 8 heteroatoms. The number of carbonyl (C=O) groups is 1. The summed E-state index contributed by atoms with van der Waals surface area (Å²) in [4.78, 5) is 11.0. The van der Waals surface area contributed by atoms with Gasteiger partial charge in [-0.25, -0.2) is 4.79 Å². The number of hydrogen-bond acceptors (Lipinski definition) is 7. The van der Waals surface area contributed by atoms with Crippen molar-refractivity contribution in [2.45, 2.75) is 25.7 Å². The fourth-order valence-corrected chi connectivity index (χ4v) is 3.40. The molecule has 0 spiro atoms. The zero-order valence-corrected chi connectivity index (χ0v) is 16.4. The van der Waals surface area contributed by atoms with E-state index in [0.717, 1.165) is 0 Å². The Kier molecular flexibility index (Phi) is 6.10. The molecular formula is C23H22O8. The number of aromatic hydroxyl groups is 6. The van der Waals surface area contributed by atoms with Gasteiger partial charge in [0.25, 0.3) is 0 Å². The van der Waals surface area contributed by atoms with E-state index in [1.807, 2.05) is 0 Å². The van der Waals surface area contributed by atoms with Crippen LogP contribution in [0.3, 0.4) is 0 Å². The van der Waals surface area contributed by atoms with Crippen LogP contribution in [0.2, 0.25) is 0 Å². The molecule has 3 rings (SSSR count). The number of phenols is 6. The third kappa shape index (κ3) is 4.92. The molecule has 0 fully saturated rings. The van der Waals surface area contributed by atoms with E-state index < -0.39 is 23.2 Å². The summed E-state index contributed by atoms with van der Waals surface area (Å²) >= 11 is 0. The van der Waals surface area contributed by atoms with Crippen LogP contribution in [-0.4, -0.2) is 41.7 Å². The van der Waals surface area contributed by atoms with Crippen LogP contribution in [-0.2, 0) is 25.7 Å². The van der Waals surface area contributed by atoms with E-state index in [2.05, 4.69) is 0 Å². The Morgan fingerprint density at radius 3 is 1.65 bits per heavy atom. The predicted octanol–water partition coefficient (Wildman–Crippen LogP) is 3.19. The summed E-state index contributed by atoms with van der Waals surface area (Å²) in [5.74, 6) is -3.12. The number of hydrogen-bond donors (Lipinski definition) is 7. The minimum absolute atomic E-state index is 0.00333. The molecular weight excluding hydrogens is 404 g/mol. The largest absolute Gasteiger partial charge is 0.508 e. The highest BCUT2D eigenvalue weighted by molar-refractivity contribution is 5.90. The van der Waals surface area contributed by atoms with Crippen molar-refractivity contribution in [3.8, 4) is 34.5 Å². The molecule has 0 saturated heterocycles. The summed E-state index contributed by atoms with van der Waals surface area (Å²) < 4.78 is 0. The number of aromatic carboxylic acids is 1. The fraction of sp³-hybridized carbons (Fsp3) is 0.174. The van der Waals surface area contributed by atoms with Crippen LogP contribution in [0.4, 0.5) is 0 Å². The number of rotatable bonds is 7. The van der Waals surface area contributed by atoms with Crippen molar-refractivity contribution in [1.82, 2.24) is 0 Å². The van der Waals surface area contributed by atoms with Gasteiger partial charge in [-0.2, -0.15) is 0 Å². The first-order valence-electron chi connectivity index (χ1n) is 9.48. The molecule has 162 valence electrons. The van der Waals surface area contributed by atoms with Crippen molar-refractivity contribution < 1.29 is 40.5 Å². The molecule has 0 atom stereocenters. The van der Waals surface area contributed by atoms with Gasteiger partial charge in [-0.3, -0.25) is 0 Å². The van der Waals surface area contributed by atoms with E-state index in [9.17, 15) is 35.4 Å². The number of benzene rings is 3. The Morgan fingerprint density at radius 1 is 0.613 bits per heavy atom. The van der Waals surface area contributed by atoms with E-state index in [1.54, 1.807) is 6.07 Å². The normalized spacial score (nSPS) is 10.8. The van der Waals surface area contributed by atoms with Crippen LogP contribution >= 0.6 is 0 Å². The minimum atomic E-state index is -1.23. The summed E-state index contributed by atoms with van der Waals surface area (Å²) in [5.41, 5.74) is 1.95. The molecule has 0 heterocycles. The number of carboxylic acid groups (broad SMARTS) is 1. The quantitative estimate of drug-likeness (QED) is 0.224. The molecule has 7 N–H and O–H groups in total. The van der Waals surface area contributed by atoms with Gasteiger partial charge in [-0.1, -0.05) is 6.07 Å². The third-order valence-corrected chi connectivity index (χ3v) is 5.04. The van der Waals surface area contributed by atoms with E-state index in [-0.39, 0.29) is 22.8 Å². The van der Waals surface area contributed by atoms with E-state index >= 15 is 0 Å². The number of phenolic OH excluding ortho intramolecular Hbond substituents is 5. The zero-order chi connectivity index (χ0) is 22.7. The molecule has 8 nitrogen and oxygen atoms in total. The van der Waals surface area contributed by atoms with Crippen molar-refractivity contribution >= 4 is 5.97 Å². The van der Waals surface area contributed by atoms with E-state index in [1.165, 1.54) is 36.4 Å². The molecule has 0 aliphatic heterocycles. The number of aryl methyl sites for hydroxylation is 4. The first kappa shape index (κ1) is 21.6. The molecule has 31 heavy (non-hydrogen) atoms. The minimum Gasteiger partial charge on any atom is -0.508 e. The van der Waals surface area contributed by atoms with Gasteiger partial charge in [-0.15, -0.1) is 0 Å². The van der Waals surface area contributed by atoms with Gasteiger partial charge in [0.1, 0.15) is 22.8 Å². The molecule has 0 unspecified atom stereocenters. The first-order valence-corrected chi connectivity index (χ1v) is 9.48. The maximum Gasteiger partial charge on any atom is 0.339 e. The second kappa shape index (κ2) is 8.74. The lowest BCUT2D eigenvalue weighted by Crippen LogP contribution is -1.99. The third-order valence-electron chi connectivity index (χ3n) is 5.04. The molecule has 0 saturated carbocycles. The van der Waals surface area contributed by atoms with Crippen molar-refractivity contribution in [3.63, 3.8) is 0 Å². The summed E-state index contributed by atoms with van der Waals surface area (Å²) in [6, 6.07) is 9.71. The van der Waals surface area contributed by atoms with Gasteiger partial charge in [0.15, 0.2) is 17.2 Å². The van der Waals surface area contributed by atoms with E-state index in [4.69, 9.17) is 5.11 Å². The summed E-state index contributed by atoms with van der Waals surface area (Å²) in [7, 11) is 0. The van der Waals surface area contributed by atoms with Gasteiger partial charge >= 0.3 is 5.97 Å².